The molecule has 2 fully saturated rings. The van der Waals surface area contributed by atoms with E-state index in [0.29, 0.717) is 11.5 Å². The Labute approximate surface area is 162 Å². The summed E-state index contributed by atoms with van der Waals surface area (Å²) in [5.41, 5.74) is 1.09. The molecule has 3 heterocycles. The van der Waals surface area contributed by atoms with Crippen molar-refractivity contribution in [2.24, 2.45) is 0 Å². The maximum absolute atomic E-state index is 11.7. The number of carbonyl (C=O) groups is 1. The average Bonchev–Trinajstić information content (AvgIpc) is 3.21. The molecule has 2 aromatic rings. The van der Waals surface area contributed by atoms with E-state index in [9.17, 15) is 9.90 Å². The van der Waals surface area contributed by atoms with E-state index < -0.39 is 36.9 Å². The summed E-state index contributed by atoms with van der Waals surface area (Å²) >= 11 is 0. The highest BCUT2D eigenvalue weighted by molar-refractivity contribution is 5.73. The number of nitrogens with one attached hydrogen (secondary N) is 1. The van der Waals surface area contributed by atoms with Crippen LogP contribution in [0.5, 0.6) is 5.75 Å². The quantitative estimate of drug-likeness (QED) is 0.821. The molecule has 0 saturated carbocycles. The first-order chi connectivity index (χ1) is 13.5. The lowest BCUT2D eigenvalue weighted by Gasteiger charge is -2.47. The van der Waals surface area contributed by atoms with E-state index in [2.05, 4.69) is 5.32 Å². The first kappa shape index (κ1) is 18.9. The number of hydrogen-bond acceptors (Lipinski definition) is 7. The lowest BCUT2D eigenvalue weighted by Crippen LogP contribution is -2.67. The Morgan fingerprint density at radius 1 is 1.21 bits per heavy atom. The maximum Gasteiger partial charge on any atom is 0.223 e. The fourth-order valence-corrected chi connectivity index (χ4v) is 3.40. The van der Waals surface area contributed by atoms with Gasteiger partial charge in [0, 0.05) is 6.92 Å². The lowest BCUT2D eigenvalue weighted by molar-refractivity contribution is -0.336. The molecule has 1 aromatic carbocycles. The molecule has 0 unspecified atom stereocenters. The molecule has 1 aromatic heterocycles. The summed E-state index contributed by atoms with van der Waals surface area (Å²) in [5.74, 6) is 0.765. The van der Waals surface area contributed by atoms with Crippen LogP contribution < -0.4 is 10.1 Å². The fourth-order valence-electron chi connectivity index (χ4n) is 3.40. The van der Waals surface area contributed by atoms with Gasteiger partial charge in [-0.15, -0.1) is 0 Å². The van der Waals surface area contributed by atoms with Gasteiger partial charge in [-0.3, -0.25) is 4.79 Å². The van der Waals surface area contributed by atoms with Crippen molar-refractivity contribution >= 4 is 5.91 Å². The number of amides is 1. The normalized spacial score (nSPS) is 32.4. The van der Waals surface area contributed by atoms with E-state index in [1.165, 1.54) is 13.2 Å². The highest BCUT2D eigenvalue weighted by atomic mass is 16.8. The molecule has 8 nitrogen and oxygen atoms in total. The van der Waals surface area contributed by atoms with E-state index in [1.807, 2.05) is 31.2 Å². The third kappa shape index (κ3) is 3.90. The fraction of sp³-hybridized carbons (Fsp3) is 0.450. The van der Waals surface area contributed by atoms with Gasteiger partial charge in [-0.2, -0.15) is 0 Å². The van der Waals surface area contributed by atoms with Gasteiger partial charge in [0.1, 0.15) is 30.1 Å². The molecular formula is C20H23NO7. The lowest BCUT2D eigenvalue weighted by atomic mass is 9.96. The largest absolute Gasteiger partial charge is 0.464 e. The van der Waals surface area contributed by atoms with Gasteiger partial charge in [0.25, 0.3) is 0 Å². The van der Waals surface area contributed by atoms with Crippen molar-refractivity contribution in [1.82, 2.24) is 5.32 Å². The van der Waals surface area contributed by atoms with E-state index in [-0.39, 0.29) is 12.5 Å². The van der Waals surface area contributed by atoms with Crippen LogP contribution in [0.3, 0.4) is 0 Å². The Hall–Kier alpha value is -2.39. The molecule has 2 saturated heterocycles. The molecule has 8 heteroatoms. The zero-order chi connectivity index (χ0) is 19.7. The van der Waals surface area contributed by atoms with Crippen molar-refractivity contribution in [3.05, 3.63) is 54.0 Å². The molecular weight excluding hydrogens is 366 g/mol. The van der Waals surface area contributed by atoms with Gasteiger partial charge in [-0.25, -0.2) is 0 Å². The second kappa shape index (κ2) is 7.92. The SMILES string of the molecule is CC(=O)N[C@@H]1[C@H](Oc2ccc(C)cc2)O[C@@H]2CO[C@H](c3ccco3)O[C@@H]2[C@@H]1O. The van der Waals surface area contributed by atoms with Gasteiger partial charge in [-0.1, -0.05) is 17.7 Å². The molecule has 0 bridgehead atoms. The van der Waals surface area contributed by atoms with Crippen molar-refractivity contribution < 1.29 is 33.3 Å². The zero-order valence-corrected chi connectivity index (χ0v) is 15.6. The summed E-state index contributed by atoms with van der Waals surface area (Å²) in [5, 5.41) is 13.6. The van der Waals surface area contributed by atoms with Crippen molar-refractivity contribution in [3.63, 3.8) is 0 Å². The number of benzene rings is 1. The second-order valence-corrected chi connectivity index (χ2v) is 6.97. The Morgan fingerprint density at radius 3 is 2.68 bits per heavy atom. The number of aliphatic hydroxyl groups excluding tert-OH is 1. The van der Waals surface area contributed by atoms with Crippen molar-refractivity contribution in [2.75, 3.05) is 6.61 Å². The van der Waals surface area contributed by atoms with Gasteiger partial charge in [0.2, 0.25) is 18.5 Å². The number of hydrogen-bond donors (Lipinski definition) is 2. The number of rotatable bonds is 4. The minimum Gasteiger partial charge on any atom is -0.464 e. The number of carbonyl (C=O) groups excluding carboxylic acids is 1. The van der Waals surface area contributed by atoms with Gasteiger partial charge in [0.15, 0.2) is 5.76 Å². The first-order valence-corrected chi connectivity index (χ1v) is 9.15. The van der Waals surface area contributed by atoms with Crippen LogP contribution in [0.4, 0.5) is 0 Å². The molecule has 2 aliphatic rings. The Balaban J connectivity index is 1.53. The molecule has 2 N–H and O–H groups in total. The second-order valence-electron chi connectivity index (χ2n) is 6.97. The highest BCUT2D eigenvalue weighted by Gasteiger charge is 2.51. The van der Waals surface area contributed by atoms with E-state index in [0.717, 1.165) is 5.56 Å². The van der Waals surface area contributed by atoms with E-state index >= 15 is 0 Å². The van der Waals surface area contributed by atoms with Crippen LogP contribution in [0.1, 0.15) is 24.5 Å². The standard InChI is InChI=1S/C20H23NO7/c1-11-5-7-13(8-6-11)26-20-16(21-12(2)22)17(23)18-15(27-20)10-25-19(28-18)14-4-3-9-24-14/h3-9,15-20,23H,10H2,1-2H3,(H,21,22)/t15-,16+,17-,18+,19+,20-/m1/s1. The minimum atomic E-state index is -1.06. The molecule has 0 aliphatic carbocycles. The van der Waals surface area contributed by atoms with Crippen molar-refractivity contribution in [2.45, 2.75) is 50.8 Å². The topological polar surface area (TPSA) is 99.4 Å². The molecule has 150 valence electrons. The predicted octanol–water partition coefficient (Wildman–Crippen LogP) is 1.67. The Bertz CT molecular complexity index is 791. The van der Waals surface area contributed by atoms with Crippen LogP contribution in [-0.4, -0.2) is 48.3 Å². The summed E-state index contributed by atoms with van der Waals surface area (Å²) in [6.07, 6.45) is -2.44. The Morgan fingerprint density at radius 2 is 2.00 bits per heavy atom. The number of fused-ring (bicyclic) bond motifs is 1. The van der Waals surface area contributed by atoms with Crippen LogP contribution in [0.15, 0.2) is 47.1 Å². The van der Waals surface area contributed by atoms with Crippen LogP contribution >= 0.6 is 0 Å². The van der Waals surface area contributed by atoms with E-state index in [1.54, 1.807) is 12.1 Å². The summed E-state index contributed by atoms with van der Waals surface area (Å²) in [7, 11) is 0. The van der Waals surface area contributed by atoms with E-state index in [4.69, 9.17) is 23.4 Å². The van der Waals surface area contributed by atoms with Gasteiger partial charge < -0.3 is 33.8 Å². The summed E-state index contributed by atoms with van der Waals surface area (Å²) in [4.78, 5) is 11.7. The summed E-state index contributed by atoms with van der Waals surface area (Å²) in [6.45, 7) is 3.54. The molecule has 28 heavy (non-hydrogen) atoms. The number of aliphatic hydroxyl groups is 1. The average molecular weight is 389 g/mol. The monoisotopic (exact) mass is 389 g/mol. The zero-order valence-electron chi connectivity index (χ0n) is 15.6. The summed E-state index contributed by atoms with van der Waals surface area (Å²) in [6, 6.07) is 10.1. The van der Waals surface area contributed by atoms with Crippen LogP contribution in [0, 0.1) is 6.92 Å². The number of ether oxygens (including phenoxy) is 4. The molecule has 1 amide bonds. The smallest absolute Gasteiger partial charge is 0.223 e. The Kier molecular flexibility index (Phi) is 5.36. The maximum atomic E-state index is 11.7. The number of furan rings is 1. The molecule has 0 spiro atoms. The van der Waals surface area contributed by atoms with Crippen LogP contribution in [0.25, 0.3) is 0 Å². The minimum absolute atomic E-state index is 0.188. The molecule has 4 rings (SSSR count). The van der Waals surface area contributed by atoms with Crippen molar-refractivity contribution in [3.8, 4) is 5.75 Å². The summed E-state index contributed by atoms with van der Waals surface area (Å²) < 4.78 is 28.8. The van der Waals surface area contributed by atoms with Crippen LogP contribution in [0.2, 0.25) is 0 Å². The van der Waals surface area contributed by atoms with Gasteiger partial charge >= 0.3 is 0 Å². The number of aryl methyl sites for hydroxylation is 1. The predicted molar refractivity (Wildman–Crippen MR) is 96.4 cm³/mol. The first-order valence-electron chi connectivity index (χ1n) is 9.15. The van der Waals surface area contributed by atoms with Crippen molar-refractivity contribution in [1.29, 1.82) is 0 Å². The van der Waals surface area contributed by atoms with Gasteiger partial charge in [0.05, 0.1) is 12.9 Å². The third-order valence-corrected chi connectivity index (χ3v) is 4.78. The third-order valence-electron chi connectivity index (χ3n) is 4.78. The van der Waals surface area contributed by atoms with Gasteiger partial charge in [-0.05, 0) is 31.2 Å². The molecule has 6 atom stereocenters. The molecule has 0 radical (unpaired) electrons. The highest BCUT2D eigenvalue weighted by Crippen LogP contribution is 2.35. The molecule has 2 aliphatic heterocycles. The van der Waals surface area contributed by atoms with Crippen LogP contribution in [-0.2, 0) is 19.0 Å².